The zero-order valence-electron chi connectivity index (χ0n) is 14.7. The van der Waals surface area contributed by atoms with E-state index < -0.39 is 11.8 Å². The maximum Gasteiger partial charge on any atom is 0.262 e. The summed E-state index contributed by atoms with van der Waals surface area (Å²) in [5.41, 5.74) is 0.333. The molecule has 10 heteroatoms. The molecule has 2 rings (SSSR count). The Hall–Kier alpha value is -1.96. The Kier molecular flexibility index (Phi) is 7.98. The van der Waals surface area contributed by atoms with Gasteiger partial charge in [-0.2, -0.15) is 0 Å². The second kappa shape index (κ2) is 10.0. The summed E-state index contributed by atoms with van der Waals surface area (Å²) in [5, 5.41) is 7.59. The minimum absolute atomic E-state index is 0.224. The topological polar surface area (TPSA) is 70.7 Å². The predicted octanol–water partition coefficient (Wildman–Crippen LogP) is 5.25. The normalized spacial score (nSPS) is 10.2. The van der Waals surface area contributed by atoms with Gasteiger partial charge in [-0.1, -0.05) is 46.4 Å². The number of halogens is 4. The summed E-state index contributed by atoms with van der Waals surface area (Å²) in [6.07, 6.45) is 1.22. The van der Waals surface area contributed by atoms with Gasteiger partial charge in [-0.05, 0) is 36.4 Å². The van der Waals surface area contributed by atoms with E-state index >= 15 is 0 Å². The van der Waals surface area contributed by atoms with Crippen LogP contribution in [-0.4, -0.2) is 31.0 Å². The summed E-state index contributed by atoms with van der Waals surface area (Å²) in [6.45, 7) is 0. The van der Waals surface area contributed by atoms with Gasteiger partial charge in [0, 0.05) is 23.3 Å². The second-order valence-electron chi connectivity index (χ2n) is 5.43. The molecule has 0 aliphatic heterocycles. The van der Waals surface area contributed by atoms with Crippen LogP contribution in [0.5, 0.6) is 0 Å². The quantitative estimate of drug-likeness (QED) is 0.266. The Morgan fingerprint density at radius 2 is 1.32 bits per heavy atom. The first kappa shape index (κ1) is 22.3. The van der Waals surface area contributed by atoms with Crippen molar-refractivity contribution in [3.05, 3.63) is 68.3 Å². The van der Waals surface area contributed by atoms with E-state index in [0.717, 1.165) is 0 Å². The lowest BCUT2D eigenvalue weighted by Crippen LogP contribution is -2.28. The first-order valence-electron chi connectivity index (χ1n) is 7.73. The number of nitrogens with zero attached hydrogens (tertiary/aromatic N) is 1. The summed E-state index contributed by atoms with van der Waals surface area (Å²) >= 11 is 23.8. The van der Waals surface area contributed by atoms with Gasteiger partial charge in [0.2, 0.25) is 0 Å². The third-order valence-corrected chi connectivity index (χ3v) is 4.54. The van der Waals surface area contributed by atoms with Gasteiger partial charge in [0.25, 0.3) is 11.8 Å². The van der Waals surface area contributed by atoms with Crippen molar-refractivity contribution in [2.24, 2.45) is 0 Å². The Morgan fingerprint density at radius 3 is 1.68 bits per heavy atom. The third kappa shape index (κ3) is 6.02. The number of benzene rings is 2. The Morgan fingerprint density at radius 1 is 0.893 bits per heavy atom. The van der Waals surface area contributed by atoms with Crippen LogP contribution in [0.1, 0.15) is 0 Å². The van der Waals surface area contributed by atoms with E-state index in [1.165, 1.54) is 49.7 Å². The summed E-state index contributed by atoms with van der Waals surface area (Å²) < 4.78 is 0. The molecule has 0 aromatic heterocycles. The van der Waals surface area contributed by atoms with Crippen LogP contribution in [0.3, 0.4) is 0 Å². The fourth-order valence-corrected chi connectivity index (χ4v) is 2.93. The largest absolute Gasteiger partial charge is 0.320 e. The van der Waals surface area contributed by atoms with Crippen molar-refractivity contribution in [1.82, 2.24) is 5.06 Å². The van der Waals surface area contributed by atoms with Crippen molar-refractivity contribution >= 4 is 69.6 Å². The summed E-state index contributed by atoms with van der Waals surface area (Å²) in [4.78, 5) is 30.4. The molecule has 0 aliphatic rings. The highest BCUT2D eigenvalue weighted by Crippen LogP contribution is 2.27. The molecule has 0 radical (unpaired) electrons. The Bertz CT molecular complexity index is 867. The van der Waals surface area contributed by atoms with Gasteiger partial charge >= 0.3 is 0 Å². The monoisotopic (exact) mass is 461 g/mol. The van der Waals surface area contributed by atoms with Gasteiger partial charge in [-0.25, -0.2) is 0 Å². The van der Waals surface area contributed by atoms with E-state index in [4.69, 9.17) is 51.2 Å². The molecule has 0 saturated carbocycles. The standard InChI is InChI=1S/C18H15Cl4N3O3/c1-25(28-2)9-12(17(26)23-15-5-3-10(19)7-13(15)21)18(27)24-16-6-4-11(20)8-14(16)22/h3-9H,1-2H3,(H,23,26)(H,24,27). The lowest BCUT2D eigenvalue weighted by molar-refractivity contribution is -0.119. The highest BCUT2D eigenvalue weighted by atomic mass is 35.5. The van der Waals surface area contributed by atoms with Gasteiger partial charge in [-0.3, -0.25) is 19.5 Å². The maximum atomic E-state index is 12.7. The summed E-state index contributed by atoms with van der Waals surface area (Å²) in [5.74, 6) is -1.42. The fourth-order valence-electron chi connectivity index (χ4n) is 2.02. The molecule has 2 aromatic rings. The number of rotatable bonds is 6. The van der Waals surface area contributed by atoms with Gasteiger partial charge < -0.3 is 10.6 Å². The fraction of sp³-hybridized carbons (Fsp3) is 0.111. The van der Waals surface area contributed by atoms with E-state index in [2.05, 4.69) is 10.6 Å². The summed E-state index contributed by atoms with van der Waals surface area (Å²) in [6, 6.07) is 9.10. The van der Waals surface area contributed by atoms with Crippen molar-refractivity contribution in [3.63, 3.8) is 0 Å². The van der Waals surface area contributed by atoms with Crippen molar-refractivity contribution < 1.29 is 14.4 Å². The van der Waals surface area contributed by atoms with Crippen LogP contribution in [0.2, 0.25) is 20.1 Å². The molecule has 6 nitrogen and oxygen atoms in total. The van der Waals surface area contributed by atoms with E-state index in [1.807, 2.05) is 0 Å². The number of carbonyl (C=O) groups excluding carboxylic acids is 2. The first-order valence-corrected chi connectivity index (χ1v) is 9.24. The third-order valence-electron chi connectivity index (χ3n) is 3.45. The Labute approximate surface area is 181 Å². The number of amides is 2. The average Bonchev–Trinajstić information content (AvgIpc) is 2.63. The van der Waals surface area contributed by atoms with Gasteiger partial charge in [0.1, 0.15) is 5.57 Å². The smallest absolute Gasteiger partial charge is 0.262 e. The highest BCUT2D eigenvalue weighted by molar-refractivity contribution is 6.38. The molecular weight excluding hydrogens is 448 g/mol. The van der Waals surface area contributed by atoms with Crippen LogP contribution >= 0.6 is 46.4 Å². The van der Waals surface area contributed by atoms with Crippen molar-refractivity contribution in [2.75, 3.05) is 24.8 Å². The number of carbonyl (C=O) groups is 2. The molecule has 0 atom stereocenters. The lowest BCUT2D eigenvalue weighted by Gasteiger charge is -2.15. The summed E-state index contributed by atoms with van der Waals surface area (Å²) in [7, 11) is 2.90. The number of hydrogen-bond acceptors (Lipinski definition) is 4. The molecule has 148 valence electrons. The molecule has 0 saturated heterocycles. The van der Waals surface area contributed by atoms with Crippen LogP contribution < -0.4 is 10.6 Å². The molecule has 0 fully saturated rings. The lowest BCUT2D eigenvalue weighted by atomic mass is 10.2. The Balaban J connectivity index is 2.29. The molecule has 2 aromatic carbocycles. The maximum absolute atomic E-state index is 12.7. The zero-order valence-corrected chi connectivity index (χ0v) is 17.7. The van der Waals surface area contributed by atoms with Crippen molar-refractivity contribution in [3.8, 4) is 0 Å². The molecular formula is C18H15Cl4N3O3. The van der Waals surface area contributed by atoms with E-state index in [0.29, 0.717) is 21.4 Å². The zero-order chi connectivity index (χ0) is 20.8. The van der Waals surface area contributed by atoms with E-state index in [-0.39, 0.29) is 15.6 Å². The molecule has 0 heterocycles. The average molecular weight is 463 g/mol. The van der Waals surface area contributed by atoms with Gasteiger partial charge in [-0.15, -0.1) is 0 Å². The van der Waals surface area contributed by atoms with Crippen LogP contribution in [0.4, 0.5) is 11.4 Å². The molecule has 28 heavy (non-hydrogen) atoms. The highest BCUT2D eigenvalue weighted by Gasteiger charge is 2.21. The number of nitrogens with one attached hydrogen (secondary N) is 2. The molecule has 0 aliphatic carbocycles. The van der Waals surface area contributed by atoms with Crippen molar-refractivity contribution in [2.45, 2.75) is 0 Å². The molecule has 2 N–H and O–H groups in total. The predicted molar refractivity (Wildman–Crippen MR) is 113 cm³/mol. The number of hydrogen-bond donors (Lipinski definition) is 2. The molecule has 2 amide bonds. The van der Waals surface area contributed by atoms with Gasteiger partial charge in [0.05, 0.1) is 28.5 Å². The molecule has 0 bridgehead atoms. The minimum atomic E-state index is -0.712. The molecule has 0 spiro atoms. The number of anilines is 2. The van der Waals surface area contributed by atoms with Gasteiger partial charge in [0.15, 0.2) is 0 Å². The number of hydroxylamine groups is 2. The van der Waals surface area contributed by atoms with Crippen molar-refractivity contribution in [1.29, 1.82) is 0 Å². The van der Waals surface area contributed by atoms with Crippen LogP contribution in [0.15, 0.2) is 48.2 Å². The first-order chi connectivity index (χ1) is 13.2. The second-order valence-corrected chi connectivity index (χ2v) is 7.12. The van der Waals surface area contributed by atoms with E-state index in [9.17, 15) is 9.59 Å². The SMILES string of the molecule is CON(C)C=C(C(=O)Nc1ccc(Cl)cc1Cl)C(=O)Nc1ccc(Cl)cc1Cl. The minimum Gasteiger partial charge on any atom is -0.320 e. The molecule has 0 unspecified atom stereocenters. The van der Waals surface area contributed by atoms with E-state index in [1.54, 1.807) is 12.1 Å². The van der Waals surface area contributed by atoms with Crippen LogP contribution in [0, 0.1) is 0 Å². The van der Waals surface area contributed by atoms with Crippen LogP contribution in [-0.2, 0) is 14.4 Å². The van der Waals surface area contributed by atoms with Crippen LogP contribution in [0.25, 0.3) is 0 Å².